The molecule has 2 N–H and O–H groups in total. The van der Waals surface area contributed by atoms with Gasteiger partial charge in [0.15, 0.2) is 0 Å². The number of aryl methyl sites for hydroxylation is 1. The van der Waals surface area contributed by atoms with Crippen molar-refractivity contribution in [2.24, 2.45) is 0 Å². The van der Waals surface area contributed by atoms with Crippen molar-refractivity contribution in [2.45, 2.75) is 32.4 Å². The first kappa shape index (κ1) is 15.6. The molecule has 1 aromatic heterocycles. The van der Waals surface area contributed by atoms with Gasteiger partial charge in [0, 0.05) is 18.2 Å². The number of hydrogen-bond donors (Lipinski definition) is 2. The highest BCUT2D eigenvalue weighted by atomic mass is 16.3. The quantitative estimate of drug-likeness (QED) is 0.857. The van der Waals surface area contributed by atoms with Gasteiger partial charge in [0.25, 0.3) is 0 Å². The Balaban J connectivity index is 1.58. The Morgan fingerprint density at radius 1 is 1.39 bits per heavy atom. The second-order valence-corrected chi connectivity index (χ2v) is 5.82. The van der Waals surface area contributed by atoms with Crippen molar-refractivity contribution in [3.05, 3.63) is 41.8 Å². The van der Waals surface area contributed by atoms with E-state index in [-0.39, 0.29) is 18.7 Å². The minimum absolute atomic E-state index is 0.0224. The maximum Gasteiger partial charge on any atom is 0.318 e. The number of carbonyl (C=O) groups excluding carboxylic acids is 1. The molecule has 1 saturated carbocycles. The fourth-order valence-corrected chi connectivity index (χ4v) is 2.43. The summed E-state index contributed by atoms with van der Waals surface area (Å²) in [7, 11) is 0. The maximum atomic E-state index is 12.1. The molecule has 1 heterocycles. The summed E-state index contributed by atoms with van der Waals surface area (Å²) in [5.74, 6) is 0.545. The molecule has 1 aliphatic carbocycles. The van der Waals surface area contributed by atoms with Crippen LogP contribution >= 0.6 is 0 Å². The zero-order valence-electron chi connectivity index (χ0n) is 13.2. The highest BCUT2D eigenvalue weighted by molar-refractivity contribution is 5.74. The van der Waals surface area contributed by atoms with E-state index in [0.29, 0.717) is 24.7 Å². The summed E-state index contributed by atoms with van der Waals surface area (Å²) >= 11 is 0. The van der Waals surface area contributed by atoms with E-state index in [4.69, 9.17) is 9.52 Å². The Morgan fingerprint density at radius 2 is 2.13 bits per heavy atom. The Kier molecular flexibility index (Phi) is 4.62. The van der Waals surface area contributed by atoms with Crippen LogP contribution in [0.25, 0.3) is 11.5 Å². The third-order valence-electron chi connectivity index (χ3n) is 3.86. The fourth-order valence-electron chi connectivity index (χ4n) is 2.43. The minimum atomic E-state index is -0.165. The summed E-state index contributed by atoms with van der Waals surface area (Å²) in [5.41, 5.74) is 2.76. The standard InChI is InChI=1S/C17H21N3O3/c1-12-2-4-13(5-3-12)16-19-14(11-23-16)10-18-17(22)20(8-9-21)15-6-7-15/h2-5,11,15,21H,6-10H2,1H3,(H,18,22). The van der Waals surface area contributed by atoms with Crippen molar-refractivity contribution in [2.75, 3.05) is 13.2 Å². The van der Waals surface area contributed by atoms with Crippen LogP contribution in [0.5, 0.6) is 0 Å². The molecule has 0 saturated heterocycles. The topological polar surface area (TPSA) is 78.6 Å². The number of nitrogens with one attached hydrogen (secondary N) is 1. The van der Waals surface area contributed by atoms with E-state index in [0.717, 1.165) is 18.4 Å². The molecule has 6 nitrogen and oxygen atoms in total. The molecule has 1 aromatic carbocycles. The van der Waals surface area contributed by atoms with Gasteiger partial charge in [-0.05, 0) is 31.9 Å². The van der Waals surface area contributed by atoms with Crippen LogP contribution in [0, 0.1) is 6.92 Å². The highest BCUT2D eigenvalue weighted by Gasteiger charge is 2.32. The summed E-state index contributed by atoms with van der Waals surface area (Å²) in [4.78, 5) is 18.2. The van der Waals surface area contributed by atoms with Crippen LogP contribution in [0.15, 0.2) is 34.9 Å². The van der Waals surface area contributed by atoms with Crippen molar-refractivity contribution in [3.8, 4) is 11.5 Å². The molecular formula is C17H21N3O3. The third-order valence-corrected chi connectivity index (χ3v) is 3.86. The zero-order chi connectivity index (χ0) is 16.2. The normalized spacial score (nSPS) is 13.8. The molecule has 1 fully saturated rings. The molecule has 0 spiro atoms. The molecular weight excluding hydrogens is 294 g/mol. The Labute approximate surface area is 135 Å². The van der Waals surface area contributed by atoms with E-state index in [1.807, 2.05) is 31.2 Å². The van der Waals surface area contributed by atoms with Crippen LogP contribution in [0.2, 0.25) is 0 Å². The monoisotopic (exact) mass is 315 g/mol. The van der Waals surface area contributed by atoms with Crippen molar-refractivity contribution < 1.29 is 14.3 Å². The first-order valence-electron chi connectivity index (χ1n) is 7.84. The fraction of sp³-hybridized carbons (Fsp3) is 0.412. The predicted molar refractivity (Wildman–Crippen MR) is 85.7 cm³/mol. The van der Waals surface area contributed by atoms with Gasteiger partial charge in [0.1, 0.15) is 6.26 Å². The first-order valence-corrected chi connectivity index (χ1v) is 7.84. The van der Waals surface area contributed by atoms with Gasteiger partial charge in [-0.15, -0.1) is 0 Å². The smallest absolute Gasteiger partial charge is 0.318 e. The number of amides is 2. The molecule has 2 aromatic rings. The predicted octanol–water partition coefficient (Wildman–Crippen LogP) is 2.32. The number of aliphatic hydroxyl groups excluding tert-OH is 1. The molecule has 23 heavy (non-hydrogen) atoms. The Morgan fingerprint density at radius 3 is 2.78 bits per heavy atom. The number of urea groups is 1. The number of aromatic nitrogens is 1. The average Bonchev–Trinajstić information content (AvgIpc) is 3.28. The van der Waals surface area contributed by atoms with E-state index in [2.05, 4.69) is 10.3 Å². The molecule has 0 atom stereocenters. The molecule has 6 heteroatoms. The van der Waals surface area contributed by atoms with Crippen molar-refractivity contribution in [1.29, 1.82) is 0 Å². The van der Waals surface area contributed by atoms with E-state index >= 15 is 0 Å². The summed E-state index contributed by atoms with van der Waals surface area (Å²) in [6.07, 6.45) is 3.58. The van der Waals surface area contributed by atoms with Crippen molar-refractivity contribution >= 4 is 6.03 Å². The van der Waals surface area contributed by atoms with E-state index < -0.39 is 0 Å². The van der Waals surface area contributed by atoms with Crippen LogP contribution in [-0.4, -0.2) is 40.2 Å². The lowest BCUT2D eigenvalue weighted by Gasteiger charge is -2.21. The summed E-state index contributed by atoms with van der Waals surface area (Å²) in [6, 6.07) is 8.02. The Hall–Kier alpha value is -2.34. The van der Waals surface area contributed by atoms with Crippen LogP contribution in [0.3, 0.4) is 0 Å². The van der Waals surface area contributed by atoms with Crippen molar-refractivity contribution in [1.82, 2.24) is 15.2 Å². The van der Waals surface area contributed by atoms with Gasteiger partial charge in [-0.3, -0.25) is 0 Å². The van der Waals surface area contributed by atoms with Crippen LogP contribution in [0.4, 0.5) is 4.79 Å². The van der Waals surface area contributed by atoms with Gasteiger partial charge < -0.3 is 19.7 Å². The number of benzene rings is 1. The molecule has 1 aliphatic rings. The van der Waals surface area contributed by atoms with Gasteiger partial charge in [-0.25, -0.2) is 9.78 Å². The molecule has 3 rings (SSSR count). The summed E-state index contributed by atoms with van der Waals surface area (Å²) in [6.45, 7) is 2.68. The molecule has 122 valence electrons. The minimum Gasteiger partial charge on any atom is -0.444 e. The number of carbonyl (C=O) groups is 1. The summed E-state index contributed by atoms with van der Waals surface area (Å²) < 4.78 is 5.47. The SMILES string of the molecule is Cc1ccc(-c2nc(CNC(=O)N(CCO)C3CC3)co2)cc1. The second-order valence-electron chi connectivity index (χ2n) is 5.82. The lowest BCUT2D eigenvalue weighted by atomic mass is 10.1. The number of aliphatic hydroxyl groups is 1. The van der Waals surface area contributed by atoms with Gasteiger partial charge >= 0.3 is 6.03 Å². The van der Waals surface area contributed by atoms with Crippen LogP contribution in [0.1, 0.15) is 24.1 Å². The molecule has 0 aliphatic heterocycles. The van der Waals surface area contributed by atoms with E-state index in [9.17, 15) is 4.79 Å². The molecule has 2 amide bonds. The van der Waals surface area contributed by atoms with E-state index in [1.165, 1.54) is 5.56 Å². The number of hydrogen-bond acceptors (Lipinski definition) is 4. The van der Waals surface area contributed by atoms with Crippen LogP contribution < -0.4 is 5.32 Å². The lowest BCUT2D eigenvalue weighted by Crippen LogP contribution is -2.42. The lowest BCUT2D eigenvalue weighted by molar-refractivity contribution is 0.173. The number of nitrogens with zero attached hydrogens (tertiary/aromatic N) is 2. The maximum absolute atomic E-state index is 12.1. The van der Waals surface area contributed by atoms with Gasteiger partial charge in [-0.2, -0.15) is 0 Å². The van der Waals surface area contributed by atoms with Crippen molar-refractivity contribution in [3.63, 3.8) is 0 Å². The average molecular weight is 315 g/mol. The molecule has 0 radical (unpaired) electrons. The number of rotatable bonds is 6. The second kappa shape index (κ2) is 6.83. The Bertz CT molecular complexity index is 662. The molecule has 0 unspecified atom stereocenters. The van der Waals surface area contributed by atoms with Crippen LogP contribution in [-0.2, 0) is 6.54 Å². The van der Waals surface area contributed by atoms with Gasteiger partial charge in [0.2, 0.25) is 5.89 Å². The zero-order valence-corrected chi connectivity index (χ0v) is 13.2. The largest absolute Gasteiger partial charge is 0.444 e. The third kappa shape index (κ3) is 3.90. The number of oxazole rings is 1. The van der Waals surface area contributed by atoms with Gasteiger partial charge in [-0.1, -0.05) is 17.7 Å². The van der Waals surface area contributed by atoms with Gasteiger partial charge in [0.05, 0.1) is 18.8 Å². The highest BCUT2D eigenvalue weighted by Crippen LogP contribution is 2.26. The first-order chi connectivity index (χ1) is 11.2. The van der Waals surface area contributed by atoms with E-state index in [1.54, 1.807) is 11.2 Å². The summed E-state index contributed by atoms with van der Waals surface area (Å²) in [5, 5.41) is 11.9. The molecule has 0 bridgehead atoms.